The first-order chi connectivity index (χ1) is 15.9. The number of benzene rings is 2. The zero-order valence-corrected chi connectivity index (χ0v) is 18.8. The van der Waals surface area contributed by atoms with Gasteiger partial charge in [0.15, 0.2) is 5.76 Å². The fourth-order valence-electron chi connectivity index (χ4n) is 3.67. The minimum atomic E-state index is -3.64. The van der Waals surface area contributed by atoms with Gasteiger partial charge in [0.2, 0.25) is 10.0 Å². The highest BCUT2D eigenvalue weighted by molar-refractivity contribution is 7.89. The molecule has 2 aromatic carbocycles. The Labute approximate surface area is 192 Å². The summed E-state index contributed by atoms with van der Waals surface area (Å²) in [7, 11) is -3.64. The third-order valence-corrected chi connectivity index (χ3v) is 7.34. The quantitative estimate of drug-likeness (QED) is 0.560. The zero-order valence-electron chi connectivity index (χ0n) is 18.0. The number of hydrogen-bond acceptors (Lipinski definition) is 5. The van der Waals surface area contributed by atoms with Gasteiger partial charge < -0.3 is 15.1 Å². The maximum atomic E-state index is 13.0. The molecular formula is C24H25N3O5S. The molecule has 2 N–H and O–H groups in total. The van der Waals surface area contributed by atoms with E-state index in [1.54, 1.807) is 48.5 Å². The average Bonchev–Trinajstić information content (AvgIpc) is 3.22. The van der Waals surface area contributed by atoms with E-state index in [1.165, 1.54) is 22.7 Å². The topological polar surface area (TPSA) is 109 Å². The molecule has 0 radical (unpaired) electrons. The van der Waals surface area contributed by atoms with Crippen LogP contribution in [-0.2, 0) is 10.0 Å². The van der Waals surface area contributed by atoms with Crippen molar-refractivity contribution in [2.24, 2.45) is 0 Å². The first-order valence-electron chi connectivity index (χ1n) is 10.8. The monoisotopic (exact) mass is 467 g/mol. The summed E-state index contributed by atoms with van der Waals surface area (Å²) in [6, 6.07) is 15.9. The van der Waals surface area contributed by atoms with E-state index in [0.29, 0.717) is 24.5 Å². The van der Waals surface area contributed by atoms with E-state index in [9.17, 15) is 18.0 Å². The fourth-order valence-corrected chi connectivity index (χ4v) is 5.23. The molecule has 3 aromatic rings. The smallest absolute Gasteiger partial charge is 0.291 e. The van der Waals surface area contributed by atoms with Gasteiger partial charge in [-0.2, -0.15) is 4.31 Å². The molecule has 8 nitrogen and oxygen atoms in total. The molecular weight excluding hydrogens is 442 g/mol. The van der Waals surface area contributed by atoms with Crippen LogP contribution in [0.3, 0.4) is 0 Å². The number of nitrogens with zero attached hydrogens (tertiary/aromatic N) is 1. The Morgan fingerprint density at radius 2 is 1.42 bits per heavy atom. The Morgan fingerprint density at radius 1 is 0.788 bits per heavy atom. The summed E-state index contributed by atoms with van der Waals surface area (Å²) in [5.41, 5.74) is 1.30. The molecule has 0 bridgehead atoms. The zero-order chi connectivity index (χ0) is 23.3. The van der Waals surface area contributed by atoms with E-state index in [0.717, 1.165) is 25.7 Å². The van der Waals surface area contributed by atoms with Gasteiger partial charge in [0.1, 0.15) is 0 Å². The highest BCUT2D eigenvalue weighted by Gasteiger charge is 2.25. The van der Waals surface area contributed by atoms with Gasteiger partial charge in [0, 0.05) is 30.0 Å². The Hall–Kier alpha value is -3.43. The maximum absolute atomic E-state index is 13.0. The average molecular weight is 468 g/mol. The molecule has 4 rings (SSSR count). The van der Waals surface area contributed by atoms with Gasteiger partial charge in [-0.15, -0.1) is 0 Å². The predicted octanol–water partition coefficient (Wildman–Crippen LogP) is 4.35. The van der Waals surface area contributed by atoms with Gasteiger partial charge in [-0.05, 0) is 67.4 Å². The minimum absolute atomic E-state index is 0.119. The van der Waals surface area contributed by atoms with Gasteiger partial charge >= 0.3 is 0 Å². The van der Waals surface area contributed by atoms with Crippen molar-refractivity contribution in [3.05, 3.63) is 78.3 Å². The molecule has 1 saturated heterocycles. The molecule has 2 heterocycles. The summed E-state index contributed by atoms with van der Waals surface area (Å²) < 4.78 is 32.6. The van der Waals surface area contributed by atoms with Gasteiger partial charge in [-0.25, -0.2) is 8.42 Å². The van der Waals surface area contributed by atoms with Crippen LogP contribution in [0.15, 0.2) is 76.2 Å². The largest absolute Gasteiger partial charge is 0.459 e. The van der Waals surface area contributed by atoms with Gasteiger partial charge in [0.05, 0.1) is 11.2 Å². The SMILES string of the molecule is O=C(Nc1ccc(NC(=O)c2ccco2)cc1)c1cccc(S(=O)(=O)N2CCCCCC2)c1. The predicted molar refractivity (Wildman–Crippen MR) is 125 cm³/mol. The molecule has 0 unspecified atom stereocenters. The van der Waals surface area contributed by atoms with E-state index in [2.05, 4.69) is 10.6 Å². The van der Waals surface area contributed by atoms with Crippen molar-refractivity contribution in [1.29, 1.82) is 0 Å². The lowest BCUT2D eigenvalue weighted by atomic mass is 10.2. The summed E-state index contributed by atoms with van der Waals surface area (Å²) >= 11 is 0. The van der Waals surface area contributed by atoms with Crippen LogP contribution in [-0.4, -0.2) is 37.6 Å². The summed E-state index contributed by atoms with van der Waals surface area (Å²) in [4.78, 5) is 24.9. The first-order valence-corrected chi connectivity index (χ1v) is 12.2. The number of nitrogens with one attached hydrogen (secondary N) is 2. The molecule has 1 fully saturated rings. The van der Waals surface area contributed by atoms with Crippen molar-refractivity contribution < 1.29 is 22.4 Å². The number of anilines is 2. The van der Waals surface area contributed by atoms with Crippen LogP contribution in [0.4, 0.5) is 11.4 Å². The Bertz CT molecular complexity index is 1210. The lowest BCUT2D eigenvalue weighted by molar-refractivity contribution is 0.0994. The van der Waals surface area contributed by atoms with Crippen molar-refractivity contribution in [3.63, 3.8) is 0 Å². The van der Waals surface area contributed by atoms with Crippen molar-refractivity contribution in [1.82, 2.24) is 4.31 Å². The van der Waals surface area contributed by atoms with Gasteiger partial charge in [-0.3, -0.25) is 9.59 Å². The fraction of sp³-hybridized carbons (Fsp3) is 0.250. The second-order valence-electron chi connectivity index (χ2n) is 7.81. The molecule has 0 saturated carbocycles. The Morgan fingerprint density at radius 3 is 2.03 bits per heavy atom. The maximum Gasteiger partial charge on any atom is 0.291 e. The van der Waals surface area contributed by atoms with Crippen LogP contribution < -0.4 is 10.6 Å². The number of carbonyl (C=O) groups is 2. The molecule has 1 aliphatic rings. The van der Waals surface area contributed by atoms with Crippen molar-refractivity contribution in [2.75, 3.05) is 23.7 Å². The van der Waals surface area contributed by atoms with Crippen molar-refractivity contribution in [2.45, 2.75) is 30.6 Å². The summed E-state index contributed by atoms with van der Waals surface area (Å²) in [6.07, 6.45) is 5.16. The van der Waals surface area contributed by atoms with E-state index in [1.807, 2.05) is 0 Å². The Balaban J connectivity index is 1.43. The highest BCUT2D eigenvalue weighted by atomic mass is 32.2. The molecule has 33 heavy (non-hydrogen) atoms. The van der Waals surface area contributed by atoms with Gasteiger partial charge in [0.25, 0.3) is 11.8 Å². The molecule has 1 aliphatic heterocycles. The van der Waals surface area contributed by atoms with Gasteiger partial charge in [-0.1, -0.05) is 18.9 Å². The molecule has 0 aliphatic carbocycles. The van der Waals surface area contributed by atoms with E-state index >= 15 is 0 Å². The number of furan rings is 1. The third kappa shape index (κ3) is 5.50. The van der Waals surface area contributed by atoms with E-state index in [-0.39, 0.29) is 22.1 Å². The lowest BCUT2D eigenvalue weighted by Crippen LogP contribution is -2.32. The van der Waals surface area contributed by atoms with Crippen LogP contribution in [0.5, 0.6) is 0 Å². The molecule has 9 heteroatoms. The van der Waals surface area contributed by atoms with Crippen LogP contribution in [0, 0.1) is 0 Å². The van der Waals surface area contributed by atoms with Crippen LogP contribution in [0.25, 0.3) is 0 Å². The normalized spacial score (nSPS) is 14.9. The summed E-state index contributed by atoms with van der Waals surface area (Å²) in [6.45, 7) is 1.00. The lowest BCUT2D eigenvalue weighted by Gasteiger charge is -2.20. The molecule has 0 spiro atoms. The standard InChI is InChI=1S/C24H25N3O5S/c28-23(25-19-10-12-20(13-11-19)26-24(29)22-9-6-16-32-22)18-7-5-8-21(17-18)33(30,31)27-14-3-1-2-4-15-27/h5-13,16-17H,1-4,14-15H2,(H,25,28)(H,26,29). The number of amides is 2. The number of rotatable bonds is 6. The molecule has 0 atom stereocenters. The molecule has 2 amide bonds. The van der Waals surface area contributed by atoms with Crippen LogP contribution >= 0.6 is 0 Å². The number of hydrogen-bond donors (Lipinski definition) is 2. The highest BCUT2D eigenvalue weighted by Crippen LogP contribution is 2.22. The van der Waals surface area contributed by atoms with Crippen molar-refractivity contribution in [3.8, 4) is 0 Å². The van der Waals surface area contributed by atoms with E-state index < -0.39 is 15.9 Å². The summed E-state index contributed by atoms with van der Waals surface area (Å²) in [5, 5.41) is 5.46. The second kappa shape index (κ2) is 10.0. The minimum Gasteiger partial charge on any atom is -0.459 e. The number of carbonyl (C=O) groups excluding carboxylic acids is 2. The molecule has 1 aromatic heterocycles. The van der Waals surface area contributed by atoms with Crippen LogP contribution in [0.1, 0.15) is 46.6 Å². The third-order valence-electron chi connectivity index (χ3n) is 5.44. The molecule has 172 valence electrons. The van der Waals surface area contributed by atoms with E-state index in [4.69, 9.17) is 4.42 Å². The van der Waals surface area contributed by atoms with Crippen molar-refractivity contribution >= 4 is 33.2 Å². The first kappa shape index (κ1) is 22.8. The Kier molecular flexibility index (Phi) is 6.90. The van der Waals surface area contributed by atoms with Crippen LogP contribution in [0.2, 0.25) is 0 Å². The number of sulfonamides is 1. The second-order valence-corrected chi connectivity index (χ2v) is 9.75. The summed E-state index contributed by atoms with van der Waals surface area (Å²) in [5.74, 6) is -0.600.